The van der Waals surface area contributed by atoms with Gasteiger partial charge in [-0.2, -0.15) is 0 Å². The smallest absolute Gasteiger partial charge is 0.415 e. The van der Waals surface area contributed by atoms with Crippen LogP contribution in [-0.4, -0.2) is 84.9 Å². The molecule has 4 aliphatic rings. The zero-order chi connectivity index (χ0) is 28.1. The summed E-state index contributed by atoms with van der Waals surface area (Å²) in [4.78, 5) is 20.1. The molecule has 0 spiro atoms. The number of benzene rings is 3. The fourth-order valence-corrected chi connectivity index (χ4v) is 7.88. The number of ether oxygens (including phenoxy) is 3. The van der Waals surface area contributed by atoms with Crippen LogP contribution in [0.1, 0.15) is 62.2 Å². The molecule has 3 aromatic rings. The Morgan fingerprint density at radius 1 is 0.780 bits per heavy atom. The van der Waals surface area contributed by atoms with Gasteiger partial charge >= 0.3 is 6.09 Å². The van der Waals surface area contributed by atoms with Gasteiger partial charge in [-0.05, 0) is 115 Å². The number of likely N-dealkylation sites (tertiary alicyclic amines) is 2. The van der Waals surface area contributed by atoms with Crippen LogP contribution in [0.4, 0.5) is 4.79 Å². The van der Waals surface area contributed by atoms with E-state index in [1.54, 1.807) is 14.2 Å². The lowest BCUT2D eigenvalue weighted by atomic mass is 9.83. The van der Waals surface area contributed by atoms with E-state index in [-0.39, 0.29) is 12.1 Å². The SMILES string of the molecule is COc1cc2c3c(c4ccc(OC(=O)N5CCC(N6CCCCC6)CC5)cc4c2cc1OC)[C@H](O)[C@@H]1CCCN1C3. The number of aliphatic hydroxyl groups excluding tert-OH is 1. The van der Waals surface area contributed by atoms with Crippen molar-refractivity contribution in [2.75, 3.05) is 46.9 Å². The topological polar surface area (TPSA) is 74.7 Å². The minimum Gasteiger partial charge on any atom is -0.493 e. The maximum atomic E-state index is 13.3. The van der Waals surface area contributed by atoms with Gasteiger partial charge in [0.2, 0.25) is 0 Å². The van der Waals surface area contributed by atoms with Gasteiger partial charge in [-0.15, -0.1) is 0 Å². The highest BCUT2D eigenvalue weighted by atomic mass is 16.6. The minimum atomic E-state index is -0.573. The van der Waals surface area contributed by atoms with Gasteiger partial charge < -0.3 is 29.1 Å². The van der Waals surface area contributed by atoms with Crippen LogP contribution in [-0.2, 0) is 6.54 Å². The number of aliphatic hydroxyl groups is 1. The van der Waals surface area contributed by atoms with Crippen molar-refractivity contribution in [2.45, 2.75) is 69.7 Å². The molecule has 4 heterocycles. The Morgan fingerprint density at radius 2 is 1.46 bits per heavy atom. The third kappa shape index (κ3) is 4.70. The molecule has 1 N–H and O–H groups in total. The molecule has 218 valence electrons. The molecule has 0 unspecified atom stereocenters. The lowest BCUT2D eigenvalue weighted by molar-refractivity contribution is 0.0552. The van der Waals surface area contributed by atoms with Gasteiger partial charge in [0.1, 0.15) is 5.75 Å². The third-order valence-corrected chi connectivity index (χ3v) is 10.0. The van der Waals surface area contributed by atoms with Crippen molar-refractivity contribution in [3.05, 3.63) is 41.5 Å². The molecule has 7 rings (SSSR count). The number of methoxy groups -OCH3 is 2. The lowest BCUT2D eigenvalue weighted by Gasteiger charge is -2.39. The predicted octanol–water partition coefficient (Wildman–Crippen LogP) is 5.47. The molecular weight excluding hydrogens is 518 g/mol. The van der Waals surface area contributed by atoms with Gasteiger partial charge in [0, 0.05) is 31.7 Å². The second-order valence-electron chi connectivity index (χ2n) is 12.2. The zero-order valence-electron chi connectivity index (χ0n) is 24.2. The highest BCUT2D eigenvalue weighted by Gasteiger charge is 2.39. The number of carbonyl (C=O) groups is 1. The standard InChI is InChI=1S/C33H41N3O5/c1-39-29-18-25-24-17-22(41-33(38)35-15-10-21(11-16-35)34-12-4-3-5-13-34)8-9-23(24)31-27(26(25)19-30(29)40-2)20-36-14-6-7-28(36)32(31)37/h8-9,17-19,21,28,32,37H,3-7,10-16,20H2,1-2H3/t28-,32+/m0/s1. The van der Waals surface area contributed by atoms with Crippen LogP contribution >= 0.6 is 0 Å². The van der Waals surface area contributed by atoms with E-state index in [1.165, 1.54) is 32.4 Å². The van der Waals surface area contributed by atoms with Crippen molar-refractivity contribution in [1.29, 1.82) is 0 Å². The van der Waals surface area contributed by atoms with Gasteiger partial charge in [0.25, 0.3) is 0 Å². The third-order valence-electron chi connectivity index (χ3n) is 10.0. The van der Waals surface area contributed by atoms with E-state index in [0.717, 1.165) is 84.5 Å². The molecule has 0 radical (unpaired) electrons. The number of hydrogen-bond acceptors (Lipinski definition) is 7. The van der Waals surface area contributed by atoms with Crippen molar-refractivity contribution < 1.29 is 24.1 Å². The van der Waals surface area contributed by atoms with E-state index in [1.807, 2.05) is 35.2 Å². The molecule has 3 aromatic carbocycles. The summed E-state index contributed by atoms with van der Waals surface area (Å²) in [7, 11) is 3.29. The van der Waals surface area contributed by atoms with E-state index < -0.39 is 6.10 Å². The van der Waals surface area contributed by atoms with Crippen LogP contribution in [0.3, 0.4) is 0 Å². The Morgan fingerprint density at radius 3 is 2.20 bits per heavy atom. The molecule has 0 aromatic heterocycles. The van der Waals surface area contributed by atoms with Crippen molar-refractivity contribution in [3.8, 4) is 17.2 Å². The summed E-state index contributed by atoms with van der Waals surface area (Å²) in [5.74, 6) is 1.83. The van der Waals surface area contributed by atoms with Crippen LogP contribution in [0.2, 0.25) is 0 Å². The van der Waals surface area contributed by atoms with E-state index in [2.05, 4.69) is 9.80 Å². The number of amides is 1. The van der Waals surface area contributed by atoms with Crippen molar-refractivity contribution in [1.82, 2.24) is 14.7 Å². The van der Waals surface area contributed by atoms with Gasteiger partial charge in [-0.25, -0.2) is 4.79 Å². The lowest BCUT2D eigenvalue weighted by Crippen LogP contribution is -2.48. The highest BCUT2D eigenvalue weighted by Crippen LogP contribution is 2.47. The minimum absolute atomic E-state index is 0.133. The Hall–Kier alpha value is -3.07. The van der Waals surface area contributed by atoms with Gasteiger partial charge in [0.05, 0.1) is 20.3 Å². The second kappa shape index (κ2) is 11.0. The van der Waals surface area contributed by atoms with Crippen molar-refractivity contribution in [2.24, 2.45) is 0 Å². The number of carbonyl (C=O) groups excluding carboxylic acids is 1. The molecule has 3 saturated heterocycles. The molecule has 1 amide bonds. The van der Waals surface area contributed by atoms with Gasteiger partial charge in [-0.1, -0.05) is 12.5 Å². The van der Waals surface area contributed by atoms with E-state index in [0.29, 0.717) is 23.3 Å². The maximum Gasteiger partial charge on any atom is 0.415 e. The number of nitrogens with zero attached hydrogens (tertiary/aromatic N) is 3. The monoisotopic (exact) mass is 559 g/mol. The van der Waals surface area contributed by atoms with Crippen LogP contribution in [0.15, 0.2) is 30.3 Å². The van der Waals surface area contributed by atoms with Crippen LogP contribution < -0.4 is 14.2 Å². The maximum absolute atomic E-state index is 13.3. The summed E-state index contributed by atoms with van der Waals surface area (Å²) < 4.78 is 17.3. The van der Waals surface area contributed by atoms with Crippen molar-refractivity contribution in [3.63, 3.8) is 0 Å². The van der Waals surface area contributed by atoms with Crippen LogP contribution in [0, 0.1) is 0 Å². The number of fused-ring (bicyclic) bond motifs is 7. The normalized spacial score (nSPS) is 23.9. The summed E-state index contributed by atoms with van der Waals surface area (Å²) in [5.41, 5.74) is 2.13. The molecule has 0 bridgehead atoms. The molecule has 2 atom stereocenters. The van der Waals surface area contributed by atoms with E-state index >= 15 is 0 Å². The van der Waals surface area contributed by atoms with Crippen LogP contribution in [0.25, 0.3) is 21.5 Å². The Labute approximate surface area is 241 Å². The highest BCUT2D eigenvalue weighted by molar-refractivity contribution is 6.12. The van der Waals surface area contributed by atoms with Crippen molar-refractivity contribution >= 4 is 27.6 Å². The molecule has 4 aliphatic heterocycles. The second-order valence-corrected chi connectivity index (χ2v) is 12.2. The summed E-state index contributed by atoms with van der Waals surface area (Å²) in [6.45, 7) is 5.62. The van der Waals surface area contributed by atoms with Gasteiger partial charge in [-0.3, -0.25) is 4.90 Å². The molecule has 41 heavy (non-hydrogen) atoms. The summed E-state index contributed by atoms with van der Waals surface area (Å²) in [5, 5.41) is 15.6. The average Bonchev–Trinajstić information content (AvgIpc) is 3.50. The molecular formula is C33H41N3O5. The van der Waals surface area contributed by atoms with Crippen LogP contribution in [0.5, 0.6) is 17.2 Å². The predicted molar refractivity (Wildman–Crippen MR) is 159 cm³/mol. The van der Waals surface area contributed by atoms with E-state index in [4.69, 9.17) is 14.2 Å². The fraction of sp³-hybridized carbons (Fsp3) is 0.545. The number of rotatable bonds is 4. The fourth-order valence-electron chi connectivity index (χ4n) is 7.88. The first-order valence-corrected chi connectivity index (χ1v) is 15.3. The van der Waals surface area contributed by atoms with E-state index in [9.17, 15) is 9.90 Å². The Balaban J connectivity index is 1.22. The first-order chi connectivity index (χ1) is 20.1. The molecule has 3 fully saturated rings. The Bertz CT molecular complexity index is 1460. The number of piperidine rings is 2. The average molecular weight is 560 g/mol. The molecule has 8 heteroatoms. The molecule has 8 nitrogen and oxygen atoms in total. The largest absolute Gasteiger partial charge is 0.493 e. The number of hydrogen-bond donors (Lipinski definition) is 1. The summed E-state index contributed by atoms with van der Waals surface area (Å²) >= 11 is 0. The summed E-state index contributed by atoms with van der Waals surface area (Å²) in [6, 6.07) is 10.6. The molecule has 0 saturated carbocycles. The first kappa shape index (κ1) is 26.8. The first-order valence-electron chi connectivity index (χ1n) is 15.3. The summed E-state index contributed by atoms with van der Waals surface area (Å²) in [6.07, 6.45) is 7.15. The quantitative estimate of drug-likeness (QED) is 0.425. The van der Waals surface area contributed by atoms with Gasteiger partial charge in [0.15, 0.2) is 11.5 Å². The Kier molecular flexibility index (Phi) is 7.17. The zero-order valence-corrected chi connectivity index (χ0v) is 24.2. The molecule has 0 aliphatic carbocycles.